The molecule has 0 aromatic heterocycles. The molecule has 3 aromatic rings. The van der Waals surface area contributed by atoms with Crippen LogP contribution in [0.4, 0.5) is 13.2 Å². The van der Waals surface area contributed by atoms with E-state index in [0.717, 1.165) is 17.7 Å². The number of nitrogens with zero attached hydrogens (tertiary/aromatic N) is 1. The van der Waals surface area contributed by atoms with E-state index >= 15 is 0 Å². The highest BCUT2D eigenvalue weighted by atomic mass is 19.4. The standard InChI is InChI=1S/C24H18F3NO2/c1-29-22-10-6-5-9-20(22)13-16-23(19-7-3-2-4-8-19)30-28-17-18-11-14-21(15-12-18)24(25,26)27/h2-12,14-15,17,23H,1H3/b28-17+. The second-order valence-electron chi connectivity index (χ2n) is 6.22. The Bertz CT molecular complexity index is 1050. The summed E-state index contributed by atoms with van der Waals surface area (Å²) in [5.74, 6) is 6.71. The third kappa shape index (κ3) is 5.65. The minimum atomic E-state index is -4.38. The summed E-state index contributed by atoms with van der Waals surface area (Å²) in [7, 11) is 1.57. The predicted octanol–water partition coefficient (Wildman–Crippen LogP) is 5.86. The van der Waals surface area contributed by atoms with Gasteiger partial charge in [0.1, 0.15) is 5.75 Å². The van der Waals surface area contributed by atoms with Crippen molar-refractivity contribution in [2.24, 2.45) is 5.16 Å². The van der Waals surface area contributed by atoms with E-state index in [9.17, 15) is 13.2 Å². The smallest absolute Gasteiger partial charge is 0.416 e. The Kier molecular flexibility index (Phi) is 6.76. The molecule has 0 saturated carbocycles. The molecule has 3 rings (SSSR count). The third-order valence-electron chi connectivity index (χ3n) is 4.15. The number of rotatable bonds is 5. The molecule has 0 radical (unpaired) electrons. The fourth-order valence-electron chi connectivity index (χ4n) is 2.60. The molecule has 0 aliphatic carbocycles. The van der Waals surface area contributed by atoms with E-state index in [1.807, 2.05) is 54.6 Å². The average molecular weight is 409 g/mol. The highest BCUT2D eigenvalue weighted by molar-refractivity contribution is 5.79. The summed E-state index contributed by atoms with van der Waals surface area (Å²) in [5.41, 5.74) is 1.26. The molecule has 0 saturated heterocycles. The number of para-hydroxylation sites is 1. The van der Waals surface area contributed by atoms with Crippen LogP contribution in [0.25, 0.3) is 0 Å². The molecule has 152 valence electrons. The molecule has 0 aliphatic rings. The number of hydrogen-bond donors (Lipinski definition) is 0. The summed E-state index contributed by atoms with van der Waals surface area (Å²) in [5, 5.41) is 3.93. The summed E-state index contributed by atoms with van der Waals surface area (Å²) in [4.78, 5) is 5.56. The van der Waals surface area contributed by atoms with E-state index in [1.54, 1.807) is 7.11 Å². The van der Waals surface area contributed by atoms with Crippen molar-refractivity contribution in [2.45, 2.75) is 12.3 Å². The number of halogens is 3. The molecular weight excluding hydrogens is 391 g/mol. The molecule has 0 spiro atoms. The molecule has 0 N–H and O–H groups in total. The first-order valence-corrected chi connectivity index (χ1v) is 9.03. The zero-order valence-corrected chi connectivity index (χ0v) is 16.1. The molecule has 3 aromatic carbocycles. The Hall–Kier alpha value is -3.72. The van der Waals surface area contributed by atoms with Gasteiger partial charge < -0.3 is 9.57 Å². The van der Waals surface area contributed by atoms with Crippen LogP contribution in [-0.2, 0) is 11.0 Å². The first-order chi connectivity index (χ1) is 14.5. The largest absolute Gasteiger partial charge is 0.495 e. The molecule has 0 bridgehead atoms. The lowest BCUT2D eigenvalue weighted by molar-refractivity contribution is -0.137. The Labute approximate surface area is 172 Å². The Morgan fingerprint density at radius 1 is 0.900 bits per heavy atom. The SMILES string of the molecule is COc1ccccc1C#CC(O/N=C/c1ccc(C(F)(F)F)cc1)c1ccccc1. The molecular formula is C24H18F3NO2. The van der Waals surface area contributed by atoms with Gasteiger partial charge in [-0.2, -0.15) is 13.2 Å². The molecule has 30 heavy (non-hydrogen) atoms. The van der Waals surface area contributed by atoms with Crippen LogP contribution < -0.4 is 4.74 Å². The Morgan fingerprint density at radius 3 is 2.23 bits per heavy atom. The average Bonchev–Trinajstić information content (AvgIpc) is 2.76. The lowest BCUT2D eigenvalue weighted by Crippen LogP contribution is -2.04. The quantitative estimate of drug-likeness (QED) is 0.300. The first kappa shape index (κ1) is 21.0. The highest BCUT2D eigenvalue weighted by Gasteiger charge is 2.29. The van der Waals surface area contributed by atoms with Gasteiger partial charge in [-0.1, -0.05) is 65.7 Å². The number of oxime groups is 1. The van der Waals surface area contributed by atoms with Crippen molar-refractivity contribution in [2.75, 3.05) is 7.11 Å². The Balaban J connectivity index is 1.79. The molecule has 3 nitrogen and oxygen atoms in total. The van der Waals surface area contributed by atoms with E-state index in [0.29, 0.717) is 16.9 Å². The van der Waals surface area contributed by atoms with Gasteiger partial charge in [-0.15, -0.1) is 0 Å². The van der Waals surface area contributed by atoms with E-state index in [-0.39, 0.29) is 0 Å². The van der Waals surface area contributed by atoms with Crippen LogP contribution in [-0.4, -0.2) is 13.3 Å². The van der Waals surface area contributed by atoms with Gasteiger partial charge in [0.25, 0.3) is 0 Å². The van der Waals surface area contributed by atoms with Crippen molar-refractivity contribution in [1.29, 1.82) is 0 Å². The van der Waals surface area contributed by atoms with Crippen LogP contribution >= 0.6 is 0 Å². The minimum Gasteiger partial charge on any atom is -0.495 e. The first-order valence-electron chi connectivity index (χ1n) is 9.03. The van der Waals surface area contributed by atoms with Crippen molar-refractivity contribution in [3.8, 4) is 17.6 Å². The topological polar surface area (TPSA) is 30.8 Å². The van der Waals surface area contributed by atoms with Gasteiger partial charge in [0.15, 0.2) is 0 Å². The number of benzene rings is 3. The van der Waals surface area contributed by atoms with Crippen LogP contribution in [0, 0.1) is 11.8 Å². The van der Waals surface area contributed by atoms with Gasteiger partial charge in [0, 0.05) is 5.56 Å². The van der Waals surface area contributed by atoms with Gasteiger partial charge in [-0.05, 0) is 35.7 Å². The number of hydrogen-bond acceptors (Lipinski definition) is 3. The monoisotopic (exact) mass is 409 g/mol. The summed E-state index contributed by atoms with van der Waals surface area (Å²) in [6, 6.07) is 21.3. The molecule has 6 heteroatoms. The summed E-state index contributed by atoms with van der Waals surface area (Å²) in [6.07, 6.45) is -3.69. The molecule has 0 fully saturated rings. The van der Waals surface area contributed by atoms with E-state index in [4.69, 9.17) is 9.57 Å². The van der Waals surface area contributed by atoms with Crippen molar-refractivity contribution in [3.63, 3.8) is 0 Å². The number of methoxy groups -OCH3 is 1. The van der Waals surface area contributed by atoms with Crippen LogP contribution in [0.15, 0.2) is 84.0 Å². The normalized spacial score (nSPS) is 12.1. The number of ether oxygens (including phenoxy) is 1. The van der Waals surface area contributed by atoms with E-state index in [1.165, 1.54) is 18.3 Å². The second kappa shape index (κ2) is 9.66. The van der Waals surface area contributed by atoms with Crippen LogP contribution in [0.3, 0.4) is 0 Å². The number of alkyl halides is 3. The van der Waals surface area contributed by atoms with E-state index < -0.39 is 17.8 Å². The zero-order valence-electron chi connectivity index (χ0n) is 16.1. The van der Waals surface area contributed by atoms with Crippen LogP contribution in [0.5, 0.6) is 5.75 Å². The minimum absolute atomic E-state index is 0.479. The highest BCUT2D eigenvalue weighted by Crippen LogP contribution is 2.29. The summed E-state index contributed by atoms with van der Waals surface area (Å²) in [6.45, 7) is 0. The Morgan fingerprint density at radius 2 is 1.57 bits per heavy atom. The van der Waals surface area contributed by atoms with Crippen molar-refractivity contribution < 1.29 is 22.7 Å². The summed E-state index contributed by atoms with van der Waals surface area (Å²) < 4.78 is 43.3. The van der Waals surface area contributed by atoms with Gasteiger partial charge in [-0.25, -0.2) is 0 Å². The maximum Gasteiger partial charge on any atom is 0.416 e. The summed E-state index contributed by atoms with van der Waals surface area (Å²) >= 11 is 0. The molecule has 0 heterocycles. The third-order valence-corrected chi connectivity index (χ3v) is 4.15. The second-order valence-corrected chi connectivity index (χ2v) is 6.22. The predicted molar refractivity (Wildman–Crippen MR) is 109 cm³/mol. The maximum absolute atomic E-state index is 12.7. The fraction of sp³-hybridized carbons (Fsp3) is 0.125. The van der Waals surface area contributed by atoms with Gasteiger partial charge in [0.2, 0.25) is 6.10 Å². The molecule has 1 unspecified atom stereocenters. The van der Waals surface area contributed by atoms with E-state index in [2.05, 4.69) is 17.0 Å². The lowest BCUT2D eigenvalue weighted by atomic mass is 10.1. The zero-order chi connectivity index (χ0) is 21.4. The van der Waals surface area contributed by atoms with Crippen molar-refractivity contribution in [3.05, 3.63) is 101 Å². The van der Waals surface area contributed by atoms with Crippen molar-refractivity contribution >= 4 is 6.21 Å². The van der Waals surface area contributed by atoms with Crippen LogP contribution in [0.2, 0.25) is 0 Å². The van der Waals surface area contributed by atoms with Gasteiger partial charge >= 0.3 is 6.18 Å². The molecule has 1 atom stereocenters. The van der Waals surface area contributed by atoms with Crippen molar-refractivity contribution in [1.82, 2.24) is 0 Å². The molecule has 0 aliphatic heterocycles. The van der Waals surface area contributed by atoms with Gasteiger partial charge in [-0.3, -0.25) is 0 Å². The maximum atomic E-state index is 12.7. The lowest BCUT2D eigenvalue weighted by Gasteiger charge is -2.09. The van der Waals surface area contributed by atoms with Gasteiger partial charge in [0.05, 0.1) is 24.5 Å². The molecule has 0 amide bonds. The van der Waals surface area contributed by atoms with Crippen LogP contribution in [0.1, 0.15) is 28.4 Å². The fourth-order valence-corrected chi connectivity index (χ4v) is 2.60.